The van der Waals surface area contributed by atoms with E-state index in [1.54, 1.807) is 18.3 Å². The summed E-state index contributed by atoms with van der Waals surface area (Å²) in [6, 6.07) is 7.30. The molecule has 110 valence electrons. The van der Waals surface area contributed by atoms with Crippen molar-refractivity contribution in [1.29, 1.82) is 0 Å². The second-order valence-electron chi connectivity index (χ2n) is 4.44. The highest BCUT2D eigenvalue weighted by Crippen LogP contribution is 2.20. The summed E-state index contributed by atoms with van der Waals surface area (Å²) in [5, 5.41) is 5.95. The molecule has 0 saturated heterocycles. The fourth-order valence-electron chi connectivity index (χ4n) is 1.68. The van der Waals surface area contributed by atoms with Crippen molar-refractivity contribution in [2.75, 3.05) is 17.2 Å². The van der Waals surface area contributed by atoms with E-state index in [0.29, 0.717) is 5.02 Å². The number of aromatic nitrogens is 1. The van der Waals surface area contributed by atoms with Gasteiger partial charge in [0.05, 0.1) is 17.6 Å². The number of halogens is 2. The molecule has 2 N–H and O–H groups in total. The number of amides is 1. The van der Waals surface area contributed by atoms with Crippen molar-refractivity contribution in [3.63, 3.8) is 0 Å². The first-order valence-electron chi connectivity index (χ1n) is 6.56. The summed E-state index contributed by atoms with van der Waals surface area (Å²) >= 11 is 5.77. The average molecular weight is 308 g/mol. The van der Waals surface area contributed by atoms with E-state index in [-0.39, 0.29) is 11.4 Å². The smallest absolute Gasteiger partial charge is 0.274 e. The zero-order valence-electron chi connectivity index (χ0n) is 11.5. The second kappa shape index (κ2) is 7.04. The Morgan fingerprint density at radius 3 is 2.81 bits per heavy atom. The summed E-state index contributed by atoms with van der Waals surface area (Å²) in [4.78, 5) is 16.0. The van der Waals surface area contributed by atoms with Crippen LogP contribution in [0.2, 0.25) is 5.02 Å². The fourth-order valence-corrected chi connectivity index (χ4v) is 1.85. The van der Waals surface area contributed by atoms with E-state index in [9.17, 15) is 9.18 Å². The highest BCUT2D eigenvalue weighted by atomic mass is 35.5. The molecule has 0 fully saturated rings. The number of carbonyl (C=O) groups is 1. The molecule has 0 spiro atoms. The molecule has 21 heavy (non-hydrogen) atoms. The molecule has 0 saturated carbocycles. The number of hydrogen-bond acceptors (Lipinski definition) is 3. The van der Waals surface area contributed by atoms with Crippen LogP contribution in [-0.4, -0.2) is 17.4 Å². The molecule has 1 aromatic heterocycles. The third-order valence-electron chi connectivity index (χ3n) is 2.75. The molecule has 0 unspecified atom stereocenters. The van der Waals surface area contributed by atoms with Crippen molar-refractivity contribution in [1.82, 2.24) is 4.98 Å². The van der Waals surface area contributed by atoms with Gasteiger partial charge in [0.15, 0.2) is 0 Å². The molecular formula is C15H15ClFN3O. The van der Waals surface area contributed by atoms with Gasteiger partial charge >= 0.3 is 0 Å². The molecule has 0 bridgehead atoms. The van der Waals surface area contributed by atoms with Crippen molar-refractivity contribution < 1.29 is 9.18 Å². The van der Waals surface area contributed by atoms with Gasteiger partial charge in [-0.3, -0.25) is 4.79 Å². The van der Waals surface area contributed by atoms with Gasteiger partial charge in [-0.1, -0.05) is 18.5 Å². The van der Waals surface area contributed by atoms with Gasteiger partial charge in [0, 0.05) is 11.6 Å². The molecule has 0 atom stereocenters. The highest BCUT2D eigenvalue weighted by Gasteiger charge is 2.11. The Bertz CT molecular complexity index is 631. The van der Waals surface area contributed by atoms with Gasteiger partial charge in [-0.2, -0.15) is 0 Å². The maximum absolute atomic E-state index is 13.5. The lowest BCUT2D eigenvalue weighted by Gasteiger charge is -2.08. The van der Waals surface area contributed by atoms with Crippen LogP contribution in [0.25, 0.3) is 0 Å². The van der Waals surface area contributed by atoms with Crippen LogP contribution >= 0.6 is 11.6 Å². The SMILES string of the molecule is CCCNc1ccc(C(=O)Nc2cc(Cl)ccc2F)nc1. The van der Waals surface area contributed by atoms with Crippen LogP contribution in [0.4, 0.5) is 15.8 Å². The third-order valence-corrected chi connectivity index (χ3v) is 2.99. The van der Waals surface area contributed by atoms with Crippen LogP contribution in [0.1, 0.15) is 23.8 Å². The molecule has 1 amide bonds. The zero-order chi connectivity index (χ0) is 15.2. The van der Waals surface area contributed by atoms with E-state index in [1.807, 2.05) is 0 Å². The van der Waals surface area contributed by atoms with E-state index < -0.39 is 11.7 Å². The Balaban J connectivity index is 2.07. The molecule has 0 aliphatic heterocycles. The van der Waals surface area contributed by atoms with Crippen molar-refractivity contribution in [2.45, 2.75) is 13.3 Å². The molecule has 0 aliphatic rings. The van der Waals surface area contributed by atoms with Gasteiger partial charge in [-0.05, 0) is 36.8 Å². The summed E-state index contributed by atoms with van der Waals surface area (Å²) in [6.45, 7) is 2.89. The van der Waals surface area contributed by atoms with Crippen molar-refractivity contribution in [3.05, 3.63) is 53.1 Å². The van der Waals surface area contributed by atoms with Crippen LogP contribution in [0, 0.1) is 5.82 Å². The van der Waals surface area contributed by atoms with Crippen LogP contribution in [0.3, 0.4) is 0 Å². The average Bonchev–Trinajstić information content (AvgIpc) is 2.49. The van der Waals surface area contributed by atoms with Crippen LogP contribution < -0.4 is 10.6 Å². The van der Waals surface area contributed by atoms with Gasteiger partial charge in [-0.15, -0.1) is 0 Å². The summed E-state index contributed by atoms with van der Waals surface area (Å²) in [5.41, 5.74) is 1.07. The molecule has 2 aromatic rings. The highest BCUT2D eigenvalue weighted by molar-refractivity contribution is 6.31. The molecule has 0 aliphatic carbocycles. The van der Waals surface area contributed by atoms with Gasteiger partial charge in [-0.25, -0.2) is 9.37 Å². The number of hydrogen-bond donors (Lipinski definition) is 2. The zero-order valence-corrected chi connectivity index (χ0v) is 12.2. The van der Waals surface area contributed by atoms with E-state index in [2.05, 4.69) is 22.5 Å². The Labute approximate surface area is 127 Å². The van der Waals surface area contributed by atoms with Crippen molar-refractivity contribution >= 4 is 28.9 Å². The largest absolute Gasteiger partial charge is 0.384 e. The van der Waals surface area contributed by atoms with Gasteiger partial charge in [0.25, 0.3) is 5.91 Å². The summed E-state index contributed by atoms with van der Waals surface area (Å²) in [6.07, 6.45) is 2.56. The van der Waals surface area contributed by atoms with E-state index in [4.69, 9.17) is 11.6 Å². The monoisotopic (exact) mass is 307 g/mol. The standard InChI is InChI=1S/C15H15ClFN3O/c1-2-7-18-11-4-6-13(19-9-11)15(21)20-14-8-10(16)3-5-12(14)17/h3-6,8-9,18H,2,7H2,1H3,(H,20,21). The van der Waals surface area contributed by atoms with Crippen LogP contribution in [0.15, 0.2) is 36.5 Å². The number of rotatable bonds is 5. The van der Waals surface area contributed by atoms with E-state index in [1.165, 1.54) is 18.2 Å². The molecular weight excluding hydrogens is 293 g/mol. The maximum atomic E-state index is 13.5. The lowest BCUT2D eigenvalue weighted by Crippen LogP contribution is -2.14. The Morgan fingerprint density at radius 2 is 2.14 bits per heavy atom. The van der Waals surface area contributed by atoms with E-state index >= 15 is 0 Å². The van der Waals surface area contributed by atoms with Crippen molar-refractivity contribution in [2.24, 2.45) is 0 Å². The first-order chi connectivity index (χ1) is 10.1. The summed E-state index contributed by atoms with van der Waals surface area (Å²) in [7, 11) is 0. The number of pyridine rings is 1. The minimum atomic E-state index is -0.547. The topological polar surface area (TPSA) is 54.0 Å². The Morgan fingerprint density at radius 1 is 1.33 bits per heavy atom. The molecule has 4 nitrogen and oxygen atoms in total. The van der Waals surface area contributed by atoms with Gasteiger partial charge in [0.1, 0.15) is 11.5 Å². The summed E-state index contributed by atoms with van der Waals surface area (Å²) < 4.78 is 13.5. The summed E-state index contributed by atoms with van der Waals surface area (Å²) in [5.74, 6) is -1.04. The number of nitrogens with one attached hydrogen (secondary N) is 2. The number of carbonyl (C=O) groups excluding carboxylic acids is 1. The number of nitrogens with zero attached hydrogens (tertiary/aromatic N) is 1. The van der Waals surface area contributed by atoms with Crippen LogP contribution in [-0.2, 0) is 0 Å². The first kappa shape index (κ1) is 15.3. The Hall–Kier alpha value is -2.14. The van der Waals surface area contributed by atoms with E-state index in [0.717, 1.165) is 18.7 Å². The lowest BCUT2D eigenvalue weighted by atomic mass is 10.2. The van der Waals surface area contributed by atoms with Gasteiger partial charge < -0.3 is 10.6 Å². The lowest BCUT2D eigenvalue weighted by molar-refractivity contribution is 0.102. The van der Waals surface area contributed by atoms with Gasteiger partial charge in [0.2, 0.25) is 0 Å². The number of anilines is 2. The fraction of sp³-hybridized carbons (Fsp3) is 0.200. The predicted molar refractivity (Wildman–Crippen MR) is 82.4 cm³/mol. The normalized spacial score (nSPS) is 10.2. The minimum Gasteiger partial charge on any atom is -0.384 e. The maximum Gasteiger partial charge on any atom is 0.274 e. The predicted octanol–water partition coefficient (Wildman–Crippen LogP) is 3.95. The Kier molecular flexibility index (Phi) is 5.11. The molecule has 1 heterocycles. The number of benzene rings is 1. The molecule has 0 radical (unpaired) electrons. The molecule has 2 rings (SSSR count). The quantitative estimate of drug-likeness (QED) is 0.879. The first-order valence-corrected chi connectivity index (χ1v) is 6.94. The van der Waals surface area contributed by atoms with Crippen molar-refractivity contribution in [3.8, 4) is 0 Å². The molecule has 1 aromatic carbocycles. The second-order valence-corrected chi connectivity index (χ2v) is 4.87. The minimum absolute atomic E-state index is 0.0301. The molecule has 6 heteroatoms. The van der Waals surface area contributed by atoms with Crippen LogP contribution in [0.5, 0.6) is 0 Å². The third kappa shape index (κ3) is 4.16.